The van der Waals surface area contributed by atoms with E-state index in [0.29, 0.717) is 27.1 Å². The molecule has 4 heterocycles. The van der Waals surface area contributed by atoms with Gasteiger partial charge in [0.05, 0.1) is 29.0 Å². The highest BCUT2D eigenvalue weighted by molar-refractivity contribution is 7.10. The number of thiophene rings is 1. The lowest BCUT2D eigenvalue weighted by Crippen LogP contribution is -2.39. The fourth-order valence-corrected chi connectivity index (χ4v) is 6.13. The summed E-state index contributed by atoms with van der Waals surface area (Å²) >= 11 is 2.81. The van der Waals surface area contributed by atoms with Crippen LogP contribution >= 0.6 is 22.7 Å². The number of carbonyl (C=O) groups is 1. The molecule has 0 saturated heterocycles. The number of fused-ring (bicyclic) bond motifs is 2. The van der Waals surface area contributed by atoms with Crippen LogP contribution < -0.4 is 14.9 Å². The van der Waals surface area contributed by atoms with E-state index in [2.05, 4.69) is 10.9 Å². The number of nitrogens with zero attached hydrogens (tertiary/aromatic N) is 3. The van der Waals surface area contributed by atoms with Crippen LogP contribution in [0.15, 0.2) is 69.0 Å². The van der Waals surface area contributed by atoms with Gasteiger partial charge in [-0.05, 0) is 37.4 Å². The highest BCUT2D eigenvalue weighted by Crippen LogP contribution is 2.33. The van der Waals surface area contributed by atoms with Crippen LogP contribution in [0, 0.1) is 12.3 Å². The highest BCUT2D eigenvalue weighted by atomic mass is 32.1. The predicted molar refractivity (Wildman–Crippen MR) is 135 cm³/mol. The topological polar surface area (TPSA) is 65.6 Å². The molecule has 0 amide bonds. The van der Waals surface area contributed by atoms with E-state index in [9.17, 15) is 9.59 Å². The molecule has 3 aromatic heterocycles. The summed E-state index contributed by atoms with van der Waals surface area (Å²) in [6.07, 6.45) is 9.40. The Labute approximate surface area is 203 Å². The molecular formula is C26H21N3O3S2. The van der Waals surface area contributed by atoms with Crippen molar-refractivity contribution in [1.82, 2.24) is 9.13 Å². The Balaban J connectivity index is 1.73. The second-order valence-corrected chi connectivity index (χ2v) is 9.74. The number of hydrogen-bond donors (Lipinski definition) is 0. The first kappa shape index (κ1) is 22.1. The van der Waals surface area contributed by atoms with Gasteiger partial charge in [0.15, 0.2) is 4.80 Å². The molecule has 0 N–H and O–H groups in total. The lowest BCUT2D eigenvalue weighted by atomic mass is 10.0. The van der Waals surface area contributed by atoms with E-state index in [-0.39, 0.29) is 12.2 Å². The number of aromatic nitrogens is 2. The SMILES string of the molecule is C#CCn1cc(/C=c2\sc3n(c2=O)[C@H](c2cccs2)C(C(=O)OCC)=C(C)N=3)c2ccccc21. The zero-order chi connectivity index (χ0) is 23.8. The van der Waals surface area contributed by atoms with Crippen molar-refractivity contribution in [2.45, 2.75) is 26.4 Å². The van der Waals surface area contributed by atoms with Crippen molar-refractivity contribution < 1.29 is 9.53 Å². The average Bonchev–Trinajstić information content (AvgIpc) is 3.54. The number of terminal acetylenes is 1. The van der Waals surface area contributed by atoms with Gasteiger partial charge in [-0.2, -0.15) is 0 Å². The van der Waals surface area contributed by atoms with Crippen LogP contribution in [-0.2, 0) is 16.1 Å². The van der Waals surface area contributed by atoms with Gasteiger partial charge < -0.3 is 9.30 Å². The quantitative estimate of drug-likeness (QED) is 0.320. The standard InChI is InChI=1S/C26H21N3O3S2/c1-4-12-28-15-17(18-9-6-7-10-19(18)28)14-21-24(30)29-23(20-11-8-13-33-20)22(25(31)32-5-2)16(3)27-26(29)34-21/h1,6-11,13-15,23H,5,12H2,2-3H3/b21-14-/t23-/m1/s1. The smallest absolute Gasteiger partial charge is 0.338 e. The molecule has 1 aliphatic heterocycles. The maximum atomic E-state index is 13.7. The second kappa shape index (κ2) is 8.93. The van der Waals surface area contributed by atoms with Gasteiger partial charge >= 0.3 is 5.97 Å². The number of carbonyl (C=O) groups excluding carboxylic acids is 1. The van der Waals surface area contributed by atoms with Crippen LogP contribution in [0.25, 0.3) is 17.0 Å². The maximum absolute atomic E-state index is 13.7. The summed E-state index contributed by atoms with van der Waals surface area (Å²) in [7, 11) is 0. The van der Waals surface area contributed by atoms with Crippen LogP contribution in [0.5, 0.6) is 0 Å². The van der Waals surface area contributed by atoms with Gasteiger partial charge in [0.1, 0.15) is 6.04 Å². The van der Waals surface area contributed by atoms with Gasteiger partial charge in [-0.3, -0.25) is 9.36 Å². The van der Waals surface area contributed by atoms with Crippen molar-refractivity contribution in [2.75, 3.05) is 6.61 Å². The van der Waals surface area contributed by atoms with Crippen LogP contribution in [0.1, 0.15) is 30.3 Å². The molecule has 8 heteroatoms. The van der Waals surface area contributed by atoms with Gasteiger partial charge in [-0.1, -0.05) is 41.5 Å². The molecule has 0 aliphatic carbocycles. The molecule has 0 spiro atoms. The Kier molecular flexibility index (Phi) is 5.82. The van der Waals surface area contributed by atoms with Crippen LogP contribution in [-0.4, -0.2) is 21.7 Å². The van der Waals surface area contributed by atoms with Crippen LogP contribution in [0.4, 0.5) is 0 Å². The number of allylic oxidation sites excluding steroid dienone is 1. The van der Waals surface area contributed by atoms with E-state index in [1.54, 1.807) is 18.4 Å². The summed E-state index contributed by atoms with van der Waals surface area (Å²) in [4.78, 5) is 32.6. The number of benzene rings is 1. The number of hydrogen-bond acceptors (Lipinski definition) is 6. The molecule has 1 atom stereocenters. The van der Waals surface area contributed by atoms with Crippen LogP contribution in [0.3, 0.4) is 0 Å². The van der Waals surface area contributed by atoms with Crippen molar-refractivity contribution in [1.29, 1.82) is 0 Å². The number of rotatable bonds is 5. The fourth-order valence-electron chi connectivity index (χ4n) is 4.27. The molecule has 34 heavy (non-hydrogen) atoms. The summed E-state index contributed by atoms with van der Waals surface area (Å²) < 4.78 is 9.47. The molecular weight excluding hydrogens is 466 g/mol. The first-order valence-electron chi connectivity index (χ1n) is 10.8. The summed E-state index contributed by atoms with van der Waals surface area (Å²) in [5.41, 5.74) is 2.69. The molecule has 0 unspecified atom stereocenters. The average molecular weight is 488 g/mol. The summed E-state index contributed by atoms with van der Waals surface area (Å²) in [5, 5.41) is 2.95. The Morgan fingerprint density at radius 2 is 2.12 bits per heavy atom. The number of para-hydroxylation sites is 1. The molecule has 1 aliphatic rings. The van der Waals surface area contributed by atoms with Gasteiger partial charge in [0, 0.05) is 27.5 Å². The Morgan fingerprint density at radius 1 is 1.29 bits per heavy atom. The number of thiazole rings is 1. The Hall–Kier alpha value is -3.67. The first-order chi connectivity index (χ1) is 16.5. The third kappa shape index (κ3) is 3.63. The predicted octanol–water partition coefficient (Wildman–Crippen LogP) is 3.45. The first-order valence-corrected chi connectivity index (χ1v) is 12.5. The monoisotopic (exact) mass is 487 g/mol. The van der Waals surface area contributed by atoms with Gasteiger partial charge in [-0.15, -0.1) is 17.8 Å². The van der Waals surface area contributed by atoms with E-state index in [1.807, 2.05) is 58.6 Å². The molecule has 0 saturated carbocycles. The van der Waals surface area contributed by atoms with E-state index >= 15 is 0 Å². The number of esters is 1. The minimum Gasteiger partial charge on any atom is -0.463 e. The van der Waals surface area contributed by atoms with Crippen LogP contribution in [0.2, 0.25) is 0 Å². The van der Waals surface area contributed by atoms with Gasteiger partial charge in [-0.25, -0.2) is 9.79 Å². The fraction of sp³-hybridized carbons (Fsp3) is 0.192. The van der Waals surface area contributed by atoms with Crippen molar-refractivity contribution in [2.24, 2.45) is 4.99 Å². The molecule has 0 bridgehead atoms. The third-order valence-corrected chi connectivity index (χ3v) is 7.61. The molecule has 4 aromatic rings. The number of ether oxygens (including phenoxy) is 1. The lowest BCUT2D eigenvalue weighted by molar-refractivity contribution is -0.139. The molecule has 0 fully saturated rings. The van der Waals surface area contributed by atoms with E-state index in [1.165, 1.54) is 22.7 Å². The lowest BCUT2D eigenvalue weighted by Gasteiger charge is -2.23. The molecule has 5 rings (SSSR count). The zero-order valence-corrected chi connectivity index (χ0v) is 20.3. The molecule has 6 nitrogen and oxygen atoms in total. The summed E-state index contributed by atoms with van der Waals surface area (Å²) in [5.74, 6) is 2.23. The van der Waals surface area contributed by atoms with Crippen molar-refractivity contribution in [3.63, 3.8) is 0 Å². The van der Waals surface area contributed by atoms with Crippen molar-refractivity contribution in [3.8, 4) is 12.3 Å². The molecule has 0 radical (unpaired) electrons. The third-order valence-electron chi connectivity index (χ3n) is 5.70. The van der Waals surface area contributed by atoms with Crippen molar-refractivity contribution >= 4 is 45.6 Å². The van der Waals surface area contributed by atoms with Gasteiger partial charge in [0.2, 0.25) is 0 Å². The summed E-state index contributed by atoms with van der Waals surface area (Å²) in [6, 6.07) is 11.2. The molecule has 1 aromatic carbocycles. The van der Waals surface area contributed by atoms with Crippen molar-refractivity contribution in [3.05, 3.63) is 89.4 Å². The van der Waals surface area contributed by atoms with Gasteiger partial charge in [0.25, 0.3) is 5.56 Å². The zero-order valence-electron chi connectivity index (χ0n) is 18.6. The largest absolute Gasteiger partial charge is 0.463 e. The van der Waals surface area contributed by atoms with E-state index in [0.717, 1.165) is 21.3 Å². The second-order valence-electron chi connectivity index (χ2n) is 7.75. The Morgan fingerprint density at radius 3 is 2.85 bits per heavy atom. The molecule has 170 valence electrons. The summed E-state index contributed by atoms with van der Waals surface area (Å²) in [6.45, 7) is 4.24. The minimum absolute atomic E-state index is 0.190. The maximum Gasteiger partial charge on any atom is 0.338 e. The van der Waals surface area contributed by atoms with E-state index < -0.39 is 12.0 Å². The minimum atomic E-state index is -0.569. The normalized spacial score (nSPS) is 15.8. The Bertz CT molecular complexity index is 1660. The van der Waals surface area contributed by atoms with E-state index in [4.69, 9.17) is 11.2 Å². The highest BCUT2D eigenvalue weighted by Gasteiger charge is 2.33.